The zero-order chi connectivity index (χ0) is 29.3. The SMILES string of the molecule is CC(C)(C)c1ccc2c(c1)c(I)cc1oc3c4ccccc4c4oc5cc(I)c6cc(C(C)(C)C)ccc6c5c4c3c12. The molecule has 0 radical (unpaired) electrons. The number of hydrogen-bond donors (Lipinski definition) is 0. The quantitative estimate of drug-likeness (QED) is 0.144. The van der Waals surface area contributed by atoms with Crippen LogP contribution in [0.4, 0.5) is 0 Å². The second-order valence-electron chi connectivity index (χ2n) is 13.6. The molecule has 0 amide bonds. The standard InChI is InChI=1S/C38H30I2O2/c1-37(2,3)19-11-13-21-25(15-19)27(39)17-29-31(21)33-34-32-22-14-12-20(38(4,5)6)16-26(22)28(40)18-30(32)42-36(34)24-10-8-7-9-23(24)35(33)41-29/h7-18H,1-6H3. The van der Waals surface area contributed by atoms with E-state index in [1.807, 2.05) is 0 Å². The molecule has 8 rings (SSSR count). The van der Waals surface area contributed by atoms with Crippen LogP contribution >= 0.6 is 45.2 Å². The molecular weight excluding hydrogens is 742 g/mol. The highest BCUT2D eigenvalue weighted by Crippen LogP contribution is 2.49. The van der Waals surface area contributed by atoms with Crippen LogP contribution in [0.2, 0.25) is 0 Å². The third-order valence-electron chi connectivity index (χ3n) is 8.88. The molecule has 208 valence electrons. The van der Waals surface area contributed by atoms with Crippen LogP contribution < -0.4 is 0 Å². The molecule has 6 aromatic carbocycles. The molecule has 0 saturated heterocycles. The van der Waals surface area contributed by atoms with Crippen molar-refractivity contribution in [2.45, 2.75) is 52.4 Å². The van der Waals surface area contributed by atoms with E-state index in [1.165, 1.54) is 39.8 Å². The molecule has 2 nitrogen and oxygen atoms in total. The van der Waals surface area contributed by atoms with Gasteiger partial charge in [-0.1, -0.05) is 90.1 Å². The lowest BCUT2D eigenvalue weighted by atomic mass is 9.85. The minimum atomic E-state index is 0.0664. The molecule has 0 saturated carbocycles. The van der Waals surface area contributed by atoms with Gasteiger partial charge in [-0.2, -0.15) is 0 Å². The Morgan fingerprint density at radius 2 is 0.857 bits per heavy atom. The topological polar surface area (TPSA) is 26.3 Å². The highest BCUT2D eigenvalue weighted by Gasteiger charge is 2.25. The summed E-state index contributed by atoms with van der Waals surface area (Å²) in [6, 6.07) is 26.8. The van der Waals surface area contributed by atoms with Gasteiger partial charge >= 0.3 is 0 Å². The lowest BCUT2D eigenvalue weighted by Crippen LogP contribution is -2.10. The van der Waals surface area contributed by atoms with E-state index in [9.17, 15) is 0 Å². The molecule has 0 fully saturated rings. The van der Waals surface area contributed by atoms with Gasteiger partial charge in [-0.25, -0.2) is 0 Å². The van der Waals surface area contributed by atoms with Crippen molar-refractivity contribution < 1.29 is 8.83 Å². The summed E-state index contributed by atoms with van der Waals surface area (Å²) < 4.78 is 16.1. The zero-order valence-corrected chi connectivity index (χ0v) is 28.8. The number of fused-ring (bicyclic) bond motifs is 14. The Morgan fingerprint density at radius 1 is 0.452 bits per heavy atom. The fourth-order valence-electron chi connectivity index (χ4n) is 6.61. The fraction of sp³-hybridized carbons (Fsp3) is 0.211. The van der Waals surface area contributed by atoms with Crippen molar-refractivity contribution in [3.05, 3.63) is 91.1 Å². The van der Waals surface area contributed by atoms with Crippen molar-refractivity contribution in [2.75, 3.05) is 0 Å². The van der Waals surface area contributed by atoms with Crippen molar-refractivity contribution >= 4 is 121 Å². The van der Waals surface area contributed by atoms with Gasteiger partial charge in [-0.05, 0) is 113 Å². The lowest BCUT2D eigenvalue weighted by molar-refractivity contribution is 0.591. The van der Waals surface area contributed by atoms with Crippen LogP contribution in [-0.4, -0.2) is 0 Å². The Morgan fingerprint density at radius 3 is 1.24 bits per heavy atom. The Hall–Kier alpha value is -2.84. The summed E-state index contributed by atoms with van der Waals surface area (Å²) in [7, 11) is 0. The van der Waals surface area contributed by atoms with Crippen LogP contribution in [0.25, 0.3) is 76.2 Å². The molecule has 0 aliphatic rings. The molecule has 2 aromatic heterocycles. The molecule has 0 spiro atoms. The van der Waals surface area contributed by atoms with E-state index < -0.39 is 0 Å². The molecule has 42 heavy (non-hydrogen) atoms. The molecule has 0 atom stereocenters. The van der Waals surface area contributed by atoms with Crippen LogP contribution in [0.3, 0.4) is 0 Å². The van der Waals surface area contributed by atoms with Gasteiger partial charge in [0.25, 0.3) is 0 Å². The van der Waals surface area contributed by atoms with Crippen LogP contribution in [-0.2, 0) is 10.8 Å². The molecule has 2 heterocycles. The summed E-state index contributed by atoms with van der Waals surface area (Å²) in [4.78, 5) is 0. The van der Waals surface area contributed by atoms with Crippen LogP contribution in [0.5, 0.6) is 0 Å². The first-order valence-corrected chi connectivity index (χ1v) is 16.6. The third-order valence-corrected chi connectivity index (χ3v) is 10.7. The van der Waals surface area contributed by atoms with Gasteiger partial charge in [0, 0.05) is 39.5 Å². The van der Waals surface area contributed by atoms with E-state index in [0.29, 0.717) is 0 Å². The first-order valence-electron chi connectivity index (χ1n) is 14.4. The molecule has 0 aliphatic carbocycles. The highest BCUT2D eigenvalue weighted by atomic mass is 127. The van der Waals surface area contributed by atoms with Gasteiger partial charge in [0.1, 0.15) is 22.3 Å². The summed E-state index contributed by atoms with van der Waals surface area (Å²) in [6.45, 7) is 13.7. The summed E-state index contributed by atoms with van der Waals surface area (Å²) in [6.07, 6.45) is 0. The highest BCUT2D eigenvalue weighted by molar-refractivity contribution is 14.1. The van der Waals surface area contributed by atoms with Gasteiger partial charge < -0.3 is 8.83 Å². The predicted molar refractivity (Wildman–Crippen MR) is 196 cm³/mol. The van der Waals surface area contributed by atoms with E-state index >= 15 is 0 Å². The second-order valence-corrected chi connectivity index (χ2v) is 16.0. The number of rotatable bonds is 0. The summed E-state index contributed by atoms with van der Waals surface area (Å²) in [5.74, 6) is 0. The van der Waals surface area contributed by atoms with E-state index in [2.05, 4.69) is 160 Å². The monoisotopic (exact) mass is 772 g/mol. The Labute approximate surface area is 271 Å². The number of benzene rings is 6. The molecule has 0 unspecified atom stereocenters. The van der Waals surface area contributed by atoms with Crippen molar-refractivity contribution in [1.29, 1.82) is 0 Å². The molecule has 0 aliphatic heterocycles. The van der Waals surface area contributed by atoms with Gasteiger partial charge in [-0.3, -0.25) is 0 Å². The average molecular weight is 772 g/mol. The number of halogens is 2. The van der Waals surface area contributed by atoms with Crippen molar-refractivity contribution in [3.63, 3.8) is 0 Å². The minimum absolute atomic E-state index is 0.0664. The maximum atomic E-state index is 6.83. The van der Waals surface area contributed by atoms with Gasteiger partial charge in [0.05, 0.1) is 0 Å². The van der Waals surface area contributed by atoms with Gasteiger partial charge in [0.2, 0.25) is 0 Å². The normalized spacial score (nSPS) is 13.2. The average Bonchev–Trinajstić information content (AvgIpc) is 3.51. The summed E-state index contributed by atoms with van der Waals surface area (Å²) >= 11 is 4.94. The molecule has 0 N–H and O–H groups in total. The zero-order valence-electron chi connectivity index (χ0n) is 24.5. The fourth-order valence-corrected chi connectivity index (χ4v) is 8.07. The largest absolute Gasteiger partial charge is 0.455 e. The Balaban J connectivity index is 1.65. The predicted octanol–water partition coefficient (Wildman–Crippen LogP) is 12.7. The second kappa shape index (κ2) is 8.85. The van der Waals surface area contributed by atoms with E-state index in [-0.39, 0.29) is 10.8 Å². The number of hydrogen-bond acceptors (Lipinski definition) is 2. The maximum Gasteiger partial charge on any atom is 0.144 e. The van der Waals surface area contributed by atoms with E-state index in [1.54, 1.807) is 0 Å². The Kier molecular flexibility index (Phi) is 5.64. The maximum absolute atomic E-state index is 6.83. The molecular formula is C38H30I2O2. The number of furan rings is 2. The Bertz CT molecular complexity index is 2270. The summed E-state index contributed by atoms with van der Waals surface area (Å²) in [5, 5.41) is 11.8. The van der Waals surface area contributed by atoms with Crippen LogP contribution in [0.1, 0.15) is 52.7 Å². The smallest absolute Gasteiger partial charge is 0.144 e. The van der Waals surface area contributed by atoms with Crippen LogP contribution in [0, 0.1) is 7.14 Å². The third kappa shape index (κ3) is 3.73. The van der Waals surface area contributed by atoms with Gasteiger partial charge in [0.15, 0.2) is 0 Å². The first kappa shape index (κ1) is 26.8. The van der Waals surface area contributed by atoms with E-state index in [4.69, 9.17) is 8.83 Å². The first-order chi connectivity index (χ1) is 19.9. The van der Waals surface area contributed by atoms with Crippen molar-refractivity contribution in [3.8, 4) is 0 Å². The minimum Gasteiger partial charge on any atom is -0.455 e. The van der Waals surface area contributed by atoms with E-state index in [0.717, 1.165) is 54.6 Å². The van der Waals surface area contributed by atoms with Gasteiger partial charge in [-0.15, -0.1) is 0 Å². The summed E-state index contributed by atoms with van der Waals surface area (Å²) in [5.41, 5.74) is 6.49. The lowest BCUT2D eigenvalue weighted by Gasteiger charge is -2.20. The van der Waals surface area contributed by atoms with Crippen molar-refractivity contribution in [2.24, 2.45) is 0 Å². The van der Waals surface area contributed by atoms with Crippen LogP contribution in [0.15, 0.2) is 81.6 Å². The molecule has 0 bridgehead atoms. The van der Waals surface area contributed by atoms with Crippen molar-refractivity contribution in [1.82, 2.24) is 0 Å². The molecule has 8 aromatic rings. The molecule has 4 heteroatoms.